The summed E-state index contributed by atoms with van der Waals surface area (Å²) in [4.78, 5) is 17.0. The van der Waals surface area contributed by atoms with E-state index in [1.165, 1.54) is 6.07 Å². The molecule has 0 aliphatic rings. The van der Waals surface area contributed by atoms with E-state index in [1.54, 1.807) is 24.1 Å². The number of benzene rings is 2. The average molecular weight is 347 g/mol. The summed E-state index contributed by atoms with van der Waals surface area (Å²) >= 11 is 3.14. The lowest BCUT2D eigenvalue weighted by Crippen LogP contribution is -2.26. The molecule has 0 aliphatic carbocycles. The number of para-hydroxylation sites is 1. The molecule has 0 bridgehead atoms. The fourth-order valence-corrected chi connectivity index (χ4v) is 2.55. The third kappa shape index (κ3) is 2.56. The van der Waals surface area contributed by atoms with Gasteiger partial charge in [-0.1, -0.05) is 18.2 Å². The smallest absolute Gasteiger partial charge is 0.274 e. The van der Waals surface area contributed by atoms with Gasteiger partial charge in [0.15, 0.2) is 0 Å². The lowest BCUT2D eigenvalue weighted by molar-refractivity contribution is 0.0989. The fourth-order valence-electron chi connectivity index (χ4n) is 2.19. The van der Waals surface area contributed by atoms with Crippen molar-refractivity contribution in [1.29, 1.82) is 0 Å². The summed E-state index contributed by atoms with van der Waals surface area (Å²) in [6.45, 7) is 0. The summed E-state index contributed by atoms with van der Waals surface area (Å²) < 4.78 is 13.9. The topological polar surface area (TPSA) is 36.1 Å². The van der Waals surface area contributed by atoms with Crippen LogP contribution in [0.1, 0.15) is 10.5 Å². The molecule has 3 aromatic rings. The minimum atomic E-state index is -0.361. The molecular formula is C16H12BrFN2O. The highest BCUT2D eigenvalue weighted by Gasteiger charge is 2.16. The maximum atomic E-state index is 13.5. The van der Waals surface area contributed by atoms with Gasteiger partial charge in [0.25, 0.3) is 5.91 Å². The summed E-state index contributed by atoms with van der Waals surface area (Å²) in [7, 11) is 1.71. The monoisotopic (exact) mass is 346 g/mol. The Bertz CT molecular complexity index is 775. The summed E-state index contributed by atoms with van der Waals surface area (Å²) in [5.74, 6) is -0.534. The molecule has 0 fully saturated rings. The Morgan fingerprint density at radius 3 is 2.62 bits per heavy atom. The van der Waals surface area contributed by atoms with Crippen molar-refractivity contribution in [3.05, 3.63) is 64.5 Å². The van der Waals surface area contributed by atoms with E-state index in [2.05, 4.69) is 20.9 Å². The minimum Gasteiger partial charge on any atom is -0.350 e. The third-order valence-electron chi connectivity index (χ3n) is 3.34. The Kier molecular flexibility index (Phi) is 3.51. The highest BCUT2D eigenvalue weighted by molar-refractivity contribution is 9.10. The molecule has 3 rings (SSSR count). The van der Waals surface area contributed by atoms with E-state index < -0.39 is 0 Å². The van der Waals surface area contributed by atoms with Gasteiger partial charge in [-0.3, -0.25) is 4.79 Å². The number of halogens is 2. The van der Waals surface area contributed by atoms with Crippen molar-refractivity contribution in [2.24, 2.45) is 0 Å². The van der Waals surface area contributed by atoms with Crippen LogP contribution in [0.2, 0.25) is 0 Å². The van der Waals surface area contributed by atoms with Gasteiger partial charge in [0, 0.05) is 23.6 Å². The molecule has 0 radical (unpaired) electrons. The van der Waals surface area contributed by atoms with E-state index in [0.717, 1.165) is 11.1 Å². The zero-order valence-corrected chi connectivity index (χ0v) is 12.8. The molecule has 5 heteroatoms. The Balaban J connectivity index is 1.98. The number of fused-ring (bicyclic) bond motifs is 1. The summed E-state index contributed by atoms with van der Waals surface area (Å²) in [5, 5.41) is 0.785. The van der Waals surface area contributed by atoms with E-state index in [4.69, 9.17) is 0 Å². The second-order valence-corrected chi connectivity index (χ2v) is 5.59. The van der Waals surface area contributed by atoms with E-state index in [1.807, 2.05) is 30.3 Å². The van der Waals surface area contributed by atoms with Crippen molar-refractivity contribution in [2.75, 3.05) is 11.9 Å². The SMILES string of the molecule is CN(C(=O)c1cc2cc(Br)c(F)cc2[nH]1)c1ccccc1. The van der Waals surface area contributed by atoms with Crippen LogP contribution < -0.4 is 4.90 Å². The van der Waals surface area contributed by atoms with Gasteiger partial charge in [0.2, 0.25) is 0 Å². The molecule has 1 aromatic heterocycles. The maximum absolute atomic E-state index is 13.5. The second-order valence-electron chi connectivity index (χ2n) is 4.74. The van der Waals surface area contributed by atoms with Gasteiger partial charge in [-0.05, 0) is 46.3 Å². The van der Waals surface area contributed by atoms with Crippen LogP contribution in [-0.4, -0.2) is 17.9 Å². The number of carbonyl (C=O) groups excluding carboxylic acids is 1. The number of rotatable bonds is 2. The van der Waals surface area contributed by atoms with Crippen LogP contribution in [0.4, 0.5) is 10.1 Å². The molecule has 3 nitrogen and oxygen atoms in total. The predicted molar refractivity (Wildman–Crippen MR) is 85.1 cm³/mol. The largest absolute Gasteiger partial charge is 0.350 e. The molecule has 1 N–H and O–H groups in total. The number of carbonyl (C=O) groups is 1. The molecule has 0 spiro atoms. The molecule has 106 valence electrons. The third-order valence-corrected chi connectivity index (χ3v) is 3.95. The van der Waals surface area contributed by atoms with E-state index in [0.29, 0.717) is 15.7 Å². The van der Waals surface area contributed by atoms with Gasteiger partial charge in [-0.15, -0.1) is 0 Å². The van der Waals surface area contributed by atoms with Gasteiger partial charge >= 0.3 is 0 Å². The van der Waals surface area contributed by atoms with E-state index in [9.17, 15) is 9.18 Å². The molecule has 0 saturated heterocycles. The van der Waals surface area contributed by atoms with Crippen LogP contribution >= 0.6 is 15.9 Å². The molecule has 0 aliphatic heterocycles. The van der Waals surface area contributed by atoms with Gasteiger partial charge in [-0.2, -0.15) is 0 Å². The highest BCUT2D eigenvalue weighted by atomic mass is 79.9. The van der Waals surface area contributed by atoms with Gasteiger partial charge < -0.3 is 9.88 Å². The molecule has 0 atom stereocenters. The lowest BCUT2D eigenvalue weighted by atomic mass is 10.2. The number of anilines is 1. The van der Waals surface area contributed by atoms with Crippen LogP contribution in [0, 0.1) is 5.82 Å². The highest BCUT2D eigenvalue weighted by Crippen LogP contribution is 2.25. The van der Waals surface area contributed by atoms with Crippen molar-refractivity contribution >= 4 is 38.4 Å². The second kappa shape index (κ2) is 5.33. The Morgan fingerprint density at radius 1 is 1.19 bits per heavy atom. The molecule has 21 heavy (non-hydrogen) atoms. The number of H-pyrrole nitrogens is 1. The van der Waals surface area contributed by atoms with Crippen molar-refractivity contribution < 1.29 is 9.18 Å². The van der Waals surface area contributed by atoms with Crippen LogP contribution in [0.5, 0.6) is 0 Å². The number of hydrogen-bond acceptors (Lipinski definition) is 1. The van der Waals surface area contributed by atoms with E-state index >= 15 is 0 Å². The number of aromatic amines is 1. The van der Waals surface area contributed by atoms with Crippen LogP contribution in [0.25, 0.3) is 10.9 Å². The lowest BCUT2D eigenvalue weighted by Gasteiger charge is -2.16. The normalized spacial score (nSPS) is 10.8. The van der Waals surface area contributed by atoms with Gasteiger partial charge in [0.1, 0.15) is 11.5 Å². The van der Waals surface area contributed by atoms with Crippen LogP contribution in [0.15, 0.2) is 53.0 Å². The molecule has 1 heterocycles. The zero-order chi connectivity index (χ0) is 15.0. The van der Waals surface area contributed by atoms with Crippen molar-refractivity contribution in [1.82, 2.24) is 4.98 Å². The first kappa shape index (κ1) is 13.8. The van der Waals surface area contributed by atoms with Gasteiger partial charge in [0.05, 0.1) is 4.47 Å². The van der Waals surface area contributed by atoms with Crippen LogP contribution in [-0.2, 0) is 0 Å². The maximum Gasteiger partial charge on any atom is 0.274 e. The van der Waals surface area contributed by atoms with Gasteiger partial charge in [-0.25, -0.2) is 4.39 Å². The average Bonchev–Trinajstić information content (AvgIpc) is 2.90. The molecule has 0 unspecified atom stereocenters. The molecule has 2 aromatic carbocycles. The Morgan fingerprint density at radius 2 is 1.90 bits per heavy atom. The first-order valence-corrected chi connectivity index (χ1v) is 7.16. The zero-order valence-electron chi connectivity index (χ0n) is 11.2. The summed E-state index contributed by atoms with van der Waals surface area (Å²) in [6, 6.07) is 14.1. The Hall–Kier alpha value is -2.14. The van der Waals surface area contributed by atoms with E-state index in [-0.39, 0.29) is 11.7 Å². The number of nitrogens with one attached hydrogen (secondary N) is 1. The fraction of sp³-hybridized carbons (Fsp3) is 0.0625. The van der Waals surface area contributed by atoms with Crippen molar-refractivity contribution in [2.45, 2.75) is 0 Å². The quantitative estimate of drug-likeness (QED) is 0.735. The Labute approximate surface area is 129 Å². The first-order chi connectivity index (χ1) is 10.1. The van der Waals surface area contributed by atoms with Crippen molar-refractivity contribution in [3.8, 4) is 0 Å². The summed E-state index contributed by atoms with van der Waals surface area (Å²) in [5.41, 5.74) is 1.82. The standard InChI is InChI=1S/C16H12BrFN2O/c1-20(11-5-3-2-4-6-11)16(21)15-8-10-7-12(17)13(18)9-14(10)19-15/h2-9,19H,1H3. The predicted octanol–water partition coefficient (Wildman–Crippen LogP) is 4.35. The molecule has 1 amide bonds. The number of nitrogens with zero attached hydrogens (tertiary/aromatic N) is 1. The molecule has 0 saturated carbocycles. The number of amides is 1. The van der Waals surface area contributed by atoms with Crippen molar-refractivity contribution in [3.63, 3.8) is 0 Å². The number of aromatic nitrogens is 1. The summed E-state index contributed by atoms with van der Waals surface area (Å²) in [6.07, 6.45) is 0. The first-order valence-electron chi connectivity index (χ1n) is 6.37. The minimum absolute atomic E-state index is 0.172. The van der Waals surface area contributed by atoms with Crippen LogP contribution in [0.3, 0.4) is 0 Å². The molecular weight excluding hydrogens is 335 g/mol. The number of hydrogen-bond donors (Lipinski definition) is 1.